The molecule has 3 heterocycles. The molecule has 1 atom stereocenters. The fraction of sp³-hybridized carbons (Fsp3) is 0.619. The molecule has 0 unspecified atom stereocenters. The van der Waals surface area contributed by atoms with Crippen molar-refractivity contribution in [1.29, 1.82) is 0 Å². The second-order valence-electron chi connectivity index (χ2n) is 8.00. The van der Waals surface area contributed by atoms with Gasteiger partial charge in [-0.1, -0.05) is 0 Å². The number of halogens is 3. The maximum absolute atomic E-state index is 14.1. The Balaban J connectivity index is 1.30. The first-order valence-corrected chi connectivity index (χ1v) is 10.3. The standard InChI is InChI=1S/C21H28F3N3O/c22-16-3-4-17(23)21(24)20(16)15-10-19-18(26-13-27(19)12-15)2-1-7-25-11-14-5-8-28-9-6-14/h3-4,14-15,25-26H,1-2,5-13H2/t15-/m0/s1. The minimum absolute atomic E-state index is 0.112. The van der Waals surface area contributed by atoms with Gasteiger partial charge in [-0.2, -0.15) is 0 Å². The van der Waals surface area contributed by atoms with Gasteiger partial charge in [-0.15, -0.1) is 0 Å². The van der Waals surface area contributed by atoms with E-state index in [-0.39, 0.29) is 11.5 Å². The summed E-state index contributed by atoms with van der Waals surface area (Å²) in [6.07, 6.45) is 4.74. The molecule has 1 aromatic rings. The topological polar surface area (TPSA) is 36.5 Å². The van der Waals surface area contributed by atoms with E-state index in [0.29, 0.717) is 25.6 Å². The number of ether oxygens (including phenoxy) is 1. The lowest BCUT2D eigenvalue weighted by atomic mass is 9.95. The van der Waals surface area contributed by atoms with Gasteiger partial charge >= 0.3 is 0 Å². The summed E-state index contributed by atoms with van der Waals surface area (Å²) in [5.74, 6) is -2.31. The van der Waals surface area contributed by atoms with Crippen molar-refractivity contribution >= 4 is 0 Å². The Kier molecular flexibility index (Phi) is 6.11. The fourth-order valence-corrected chi connectivity index (χ4v) is 4.56. The molecule has 7 heteroatoms. The maximum Gasteiger partial charge on any atom is 0.165 e. The third kappa shape index (κ3) is 4.15. The SMILES string of the molecule is Fc1ccc(F)c([C@H]2CC3=C(CCCNCC4CCOCC4)NCN3C2)c1F. The summed E-state index contributed by atoms with van der Waals surface area (Å²) in [6, 6.07) is 1.87. The van der Waals surface area contributed by atoms with Crippen LogP contribution in [-0.4, -0.2) is 44.4 Å². The van der Waals surface area contributed by atoms with Crippen LogP contribution < -0.4 is 10.6 Å². The molecule has 28 heavy (non-hydrogen) atoms. The second kappa shape index (κ2) is 8.74. The van der Waals surface area contributed by atoms with Gasteiger partial charge in [-0.25, -0.2) is 13.2 Å². The molecule has 2 N–H and O–H groups in total. The van der Waals surface area contributed by atoms with Gasteiger partial charge in [-0.3, -0.25) is 0 Å². The van der Waals surface area contributed by atoms with Gasteiger partial charge in [0.2, 0.25) is 0 Å². The number of allylic oxidation sites excluding steroid dienone is 2. The minimum Gasteiger partial charge on any atom is -0.381 e. The average molecular weight is 395 g/mol. The lowest BCUT2D eigenvalue weighted by Gasteiger charge is -2.22. The second-order valence-corrected chi connectivity index (χ2v) is 8.00. The fourth-order valence-electron chi connectivity index (χ4n) is 4.56. The first-order valence-electron chi connectivity index (χ1n) is 10.3. The molecule has 0 aliphatic carbocycles. The number of rotatable bonds is 7. The van der Waals surface area contributed by atoms with Crippen LogP contribution in [0.1, 0.15) is 43.6 Å². The Morgan fingerprint density at radius 3 is 2.75 bits per heavy atom. The van der Waals surface area contributed by atoms with Gasteiger partial charge in [0.1, 0.15) is 5.82 Å². The van der Waals surface area contributed by atoms with Crippen LogP contribution in [-0.2, 0) is 4.74 Å². The third-order valence-corrected chi connectivity index (χ3v) is 6.14. The number of hydrogen-bond acceptors (Lipinski definition) is 4. The van der Waals surface area contributed by atoms with E-state index in [0.717, 1.165) is 75.5 Å². The molecule has 4 rings (SSSR count). The van der Waals surface area contributed by atoms with E-state index in [1.54, 1.807) is 0 Å². The monoisotopic (exact) mass is 395 g/mol. The van der Waals surface area contributed by atoms with E-state index in [9.17, 15) is 13.2 Å². The molecule has 154 valence electrons. The van der Waals surface area contributed by atoms with Crippen molar-refractivity contribution in [3.05, 3.63) is 46.5 Å². The van der Waals surface area contributed by atoms with E-state index in [2.05, 4.69) is 15.5 Å². The molecule has 1 aromatic carbocycles. The van der Waals surface area contributed by atoms with Crippen LogP contribution in [0.2, 0.25) is 0 Å². The quantitative estimate of drug-likeness (QED) is 0.548. The molecule has 0 bridgehead atoms. The summed E-state index contributed by atoms with van der Waals surface area (Å²) in [4.78, 5) is 2.12. The molecule has 0 aromatic heterocycles. The minimum atomic E-state index is -1.04. The highest BCUT2D eigenvalue weighted by Gasteiger charge is 2.36. The largest absolute Gasteiger partial charge is 0.381 e. The third-order valence-electron chi connectivity index (χ3n) is 6.14. The van der Waals surface area contributed by atoms with Gasteiger partial charge in [0.15, 0.2) is 11.6 Å². The Hall–Kier alpha value is -1.73. The van der Waals surface area contributed by atoms with Crippen molar-refractivity contribution in [3.8, 4) is 0 Å². The van der Waals surface area contributed by atoms with Crippen LogP contribution in [0.15, 0.2) is 23.5 Å². The zero-order valence-electron chi connectivity index (χ0n) is 16.1. The van der Waals surface area contributed by atoms with E-state index >= 15 is 0 Å². The Morgan fingerprint density at radius 1 is 1.14 bits per heavy atom. The lowest BCUT2D eigenvalue weighted by Crippen LogP contribution is -2.28. The summed E-state index contributed by atoms with van der Waals surface area (Å²) in [6.45, 7) is 4.91. The molecule has 0 saturated carbocycles. The molecule has 3 aliphatic heterocycles. The van der Waals surface area contributed by atoms with E-state index in [1.165, 1.54) is 0 Å². The highest BCUT2D eigenvalue weighted by molar-refractivity contribution is 5.32. The van der Waals surface area contributed by atoms with E-state index < -0.39 is 17.5 Å². The predicted molar refractivity (Wildman–Crippen MR) is 101 cm³/mol. The van der Waals surface area contributed by atoms with Crippen molar-refractivity contribution in [3.63, 3.8) is 0 Å². The highest BCUT2D eigenvalue weighted by Crippen LogP contribution is 2.40. The number of nitrogens with one attached hydrogen (secondary N) is 2. The van der Waals surface area contributed by atoms with Crippen LogP contribution in [0.3, 0.4) is 0 Å². The average Bonchev–Trinajstić information content (AvgIpc) is 3.27. The summed E-state index contributed by atoms with van der Waals surface area (Å²) in [5, 5.41) is 6.95. The summed E-state index contributed by atoms with van der Waals surface area (Å²) < 4.78 is 47.2. The molecule has 0 radical (unpaired) electrons. The van der Waals surface area contributed by atoms with Crippen LogP contribution in [0.25, 0.3) is 0 Å². The first-order chi connectivity index (χ1) is 13.6. The van der Waals surface area contributed by atoms with Gasteiger partial charge in [0.25, 0.3) is 0 Å². The highest BCUT2D eigenvalue weighted by atomic mass is 19.2. The number of benzene rings is 1. The summed E-state index contributed by atoms with van der Waals surface area (Å²) in [7, 11) is 0. The van der Waals surface area contributed by atoms with Crippen LogP contribution in [0.4, 0.5) is 13.2 Å². The molecule has 3 aliphatic rings. The van der Waals surface area contributed by atoms with Crippen molar-refractivity contribution in [2.45, 2.75) is 38.0 Å². The number of nitrogens with zero attached hydrogens (tertiary/aromatic N) is 1. The van der Waals surface area contributed by atoms with Crippen LogP contribution in [0.5, 0.6) is 0 Å². The van der Waals surface area contributed by atoms with Crippen molar-refractivity contribution in [2.24, 2.45) is 5.92 Å². The Bertz CT molecular complexity index is 734. The van der Waals surface area contributed by atoms with Gasteiger partial charge in [-0.05, 0) is 63.2 Å². The van der Waals surface area contributed by atoms with Crippen LogP contribution >= 0.6 is 0 Å². The summed E-state index contributed by atoms with van der Waals surface area (Å²) in [5.41, 5.74) is 2.17. The van der Waals surface area contributed by atoms with Gasteiger partial charge in [0, 0.05) is 42.6 Å². The lowest BCUT2D eigenvalue weighted by molar-refractivity contribution is 0.0663. The normalized spacial score (nSPS) is 22.7. The molecule has 0 spiro atoms. The maximum atomic E-state index is 14.1. The summed E-state index contributed by atoms with van der Waals surface area (Å²) >= 11 is 0. The van der Waals surface area contributed by atoms with E-state index in [4.69, 9.17) is 4.74 Å². The Labute approximate surface area is 164 Å². The van der Waals surface area contributed by atoms with Gasteiger partial charge in [0.05, 0.1) is 6.67 Å². The number of hydrogen-bond donors (Lipinski definition) is 2. The molecular weight excluding hydrogens is 367 g/mol. The molecule has 2 fully saturated rings. The zero-order valence-corrected chi connectivity index (χ0v) is 16.1. The molecule has 0 amide bonds. The van der Waals surface area contributed by atoms with Crippen molar-refractivity contribution < 1.29 is 17.9 Å². The van der Waals surface area contributed by atoms with Gasteiger partial charge < -0.3 is 20.3 Å². The van der Waals surface area contributed by atoms with Crippen LogP contribution in [0, 0.1) is 23.4 Å². The molecule has 4 nitrogen and oxygen atoms in total. The van der Waals surface area contributed by atoms with Crippen molar-refractivity contribution in [1.82, 2.24) is 15.5 Å². The first kappa shape index (κ1) is 19.6. The smallest absolute Gasteiger partial charge is 0.165 e. The zero-order chi connectivity index (χ0) is 19.5. The van der Waals surface area contributed by atoms with Crippen molar-refractivity contribution in [2.75, 3.05) is 39.5 Å². The Morgan fingerprint density at radius 2 is 1.93 bits per heavy atom. The predicted octanol–water partition coefficient (Wildman–Crippen LogP) is 3.46. The van der Waals surface area contributed by atoms with E-state index in [1.807, 2.05) is 0 Å². The number of fused-ring (bicyclic) bond motifs is 1. The molecule has 2 saturated heterocycles. The molecular formula is C21H28F3N3O.